The Morgan fingerprint density at radius 1 is 1.19 bits per heavy atom. The van der Waals surface area contributed by atoms with Crippen LogP contribution in [0.1, 0.15) is 65.4 Å². The molecule has 0 aliphatic rings. The van der Waals surface area contributed by atoms with E-state index in [4.69, 9.17) is 11.1 Å². The minimum absolute atomic E-state index is 0.325. The van der Waals surface area contributed by atoms with Crippen LogP contribution in [-0.4, -0.2) is 10.8 Å². The van der Waals surface area contributed by atoms with Crippen LogP contribution in [0.3, 0.4) is 0 Å². The number of rotatable bonds is 6. The average molecular weight is 361 g/mol. The summed E-state index contributed by atoms with van der Waals surface area (Å²) in [5, 5.41) is 7.21. The number of hydrogen-bond donors (Lipinski definition) is 2. The molecule has 1 rings (SSSR count). The van der Waals surface area contributed by atoms with Gasteiger partial charge in [0.05, 0.1) is 0 Å². The highest BCUT2D eigenvalue weighted by molar-refractivity contribution is 9.18. The summed E-state index contributed by atoms with van der Waals surface area (Å²) < 4.78 is 12.9. The molecule has 1 aromatic rings. The van der Waals surface area contributed by atoms with Gasteiger partial charge in [-0.05, 0) is 34.8 Å². The Kier molecular flexibility index (Phi) is 16.5. The molecule has 0 spiro atoms. The molecule has 0 aliphatic heterocycles. The minimum atomic E-state index is -0.532. The summed E-state index contributed by atoms with van der Waals surface area (Å²) in [6, 6.07) is 7.26. The summed E-state index contributed by atoms with van der Waals surface area (Å²) in [6.45, 7) is 8.12. The van der Waals surface area contributed by atoms with Crippen molar-refractivity contribution in [2.24, 2.45) is 0 Å². The van der Waals surface area contributed by atoms with E-state index in [2.05, 4.69) is 22.9 Å². The average Bonchev–Trinajstić information content (AvgIpc) is 2.48. The molecule has 0 bridgehead atoms. The molecule has 0 aromatic heterocycles. The van der Waals surface area contributed by atoms with Crippen molar-refractivity contribution in [1.29, 1.82) is 5.41 Å². The third-order valence-corrected chi connectivity index (χ3v) is 3.10. The zero-order chi connectivity index (χ0) is 16.7. The first-order valence-electron chi connectivity index (χ1n) is 7.75. The van der Waals surface area contributed by atoms with Gasteiger partial charge < -0.3 is 5.73 Å². The topological polar surface area (TPSA) is 49.9 Å². The summed E-state index contributed by atoms with van der Waals surface area (Å²) in [7, 11) is 0. The molecule has 0 aliphatic carbocycles. The molecule has 0 fully saturated rings. The van der Waals surface area contributed by atoms with E-state index in [1.165, 1.54) is 0 Å². The Morgan fingerprint density at radius 3 is 2.14 bits per heavy atom. The number of para-hydroxylation sites is 1. The zero-order valence-electron chi connectivity index (χ0n) is 13.8. The Labute approximate surface area is 138 Å². The first-order chi connectivity index (χ1) is 10.0. The van der Waals surface area contributed by atoms with Crippen LogP contribution in [0.4, 0.5) is 10.1 Å². The number of unbranched alkanes of at least 4 members (excludes halogenated alkanes) is 1. The van der Waals surface area contributed by atoms with Crippen LogP contribution < -0.4 is 5.73 Å². The number of benzene rings is 1. The van der Waals surface area contributed by atoms with E-state index in [0.717, 1.165) is 37.7 Å². The fourth-order valence-corrected chi connectivity index (χ4v) is 1.94. The smallest absolute Gasteiger partial charge is 0.106 e. The lowest BCUT2D eigenvalue weighted by Crippen LogP contribution is -1.97. The van der Waals surface area contributed by atoms with E-state index in [-0.39, 0.29) is 0 Å². The van der Waals surface area contributed by atoms with E-state index in [1.54, 1.807) is 12.1 Å². The van der Waals surface area contributed by atoms with E-state index in [0.29, 0.717) is 10.3 Å². The number of hydrogen-bond acceptors (Lipinski definition) is 2. The van der Waals surface area contributed by atoms with Gasteiger partial charge in [0.25, 0.3) is 0 Å². The number of nitrogen functional groups attached to an aromatic ring is 1. The van der Waals surface area contributed by atoms with Crippen LogP contribution in [0.25, 0.3) is 0 Å². The summed E-state index contributed by atoms with van der Waals surface area (Å²) in [5.41, 5.74) is 6.92. The van der Waals surface area contributed by atoms with Gasteiger partial charge in [-0.1, -0.05) is 65.2 Å². The number of nitrogens with one attached hydrogen (secondary N) is 1. The van der Waals surface area contributed by atoms with Crippen LogP contribution in [0.5, 0.6) is 0 Å². The van der Waals surface area contributed by atoms with Crippen molar-refractivity contribution >= 4 is 26.2 Å². The molecule has 4 heteroatoms. The first kappa shape index (κ1) is 22.4. The molecule has 3 N–H and O–H groups in total. The molecular formula is C17H30BrFN2. The maximum absolute atomic E-state index is 12.6. The second-order valence-electron chi connectivity index (χ2n) is 4.43. The molecule has 0 amide bonds. The van der Waals surface area contributed by atoms with E-state index < -0.39 is 6.17 Å². The standard InChI is InChI=1S/C8H17F.C7H7BrN2.C2H6/c1-3-5-7-8(9)6-4-2;8-7(10)5-3-1-2-4-6(5)9;1-2/h8H,3-7H2,1-2H3;1-4,10H,9H2;1-2H3. The number of alkyl halides is 1. The van der Waals surface area contributed by atoms with E-state index in [1.807, 2.05) is 32.9 Å². The fourth-order valence-electron chi connectivity index (χ4n) is 1.58. The fraction of sp³-hybridized carbons (Fsp3) is 0.588. The van der Waals surface area contributed by atoms with Gasteiger partial charge in [0.15, 0.2) is 0 Å². The van der Waals surface area contributed by atoms with Crippen molar-refractivity contribution in [1.82, 2.24) is 0 Å². The lowest BCUT2D eigenvalue weighted by atomic mass is 10.1. The maximum Gasteiger partial charge on any atom is 0.106 e. The third-order valence-electron chi connectivity index (χ3n) is 2.67. The molecule has 0 radical (unpaired) electrons. The molecule has 122 valence electrons. The van der Waals surface area contributed by atoms with Crippen LogP contribution in [0.15, 0.2) is 24.3 Å². The molecule has 0 heterocycles. The maximum atomic E-state index is 12.6. The van der Waals surface area contributed by atoms with Gasteiger partial charge in [-0.2, -0.15) is 0 Å². The molecular weight excluding hydrogens is 331 g/mol. The summed E-state index contributed by atoms with van der Waals surface area (Å²) in [5.74, 6) is 0. The van der Waals surface area contributed by atoms with Gasteiger partial charge in [-0.25, -0.2) is 4.39 Å². The molecule has 1 atom stereocenters. The highest BCUT2D eigenvalue weighted by Gasteiger charge is 2.02. The van der Waals surface area contributed by atoms with Crippen molar-refractivity contribution in [2.75, 3.05) is 5.73 Å². The van der Waals surface area contributed by atoms with Gasteiger partial charge in [0, 0.05) is 11.3 Å². The van der Waals surface area contributed by atoms with Crippen LogP contribution >= 0.6 is 15.9 Å². The summed E-state index contributed by atoms with van der Waals surface area (Å²) in [6.07, 6.45) is 4.12. The number of halogens is 2. The van der Waals surface area contributed by atoms with Crippen molar-refractivity contribution < 1.29 is 4.39 Å². The molecule has 0 saturated heterocycles. The predicted molar refractivity (Wildman–Crippen MR) is 97.3 cm³/mol. The van der Waals surface area contributed by atoms with Gasteiger partial charge in [0.2, 0.25) is 0 Å². The lowest BCUT2D eigenvalue weighted by molar-refractivity contribution is 0.288. The second-order valence-corrected chi connectivity index (χ2v) is 5.22. The number of nitrogens with two attached hydrogens (primary N) is 1. The Balaban J connectivity index is 0. The van der Waals surface area contributed by atoms with Gasteiger partial charge >= 0.3 is 0 Å². The summed E-state index contributed by atoms with van der Waals surface area (Å²) in [4.78, 5) is 0. The van der Waals surface area contributed by atoms with Crippen LogP contribution in [0.2, 0.25) is 0 Å². The molecule has 0 saturated carbocycles. The Morgan fingerprint density at radius 2 is 1.76 bits per heavy atom. The minimum Gasteiger partial charge on any atom is -0.398 e. The normalized spacial score (nSPS) is 10.6. The van der Waals surface area contributed by atoms with E-state index >= 15 is 0 Å². The Hall–Kier alpha value is -0.900. The monoisotopic (exact) mass is 360 g/mol. The largest absolute Gasteiger partial charge is 0.398 e. The van der Waals surface area contributed by atoms with Crippen molar-refractivity contribution in [3.05, 3.63) is 29.8 Å². The van der Waals surface area contributed by atoms with Crippen molar-refractivity contribution in [2.45, 2.75) is 66.0 Å². The van der Waals surface area contributed by atoms with Crippen LogP contribution in [0, 0.1) is 5.41 Å². The summed E-state index contributed by atoms with van der Waals surface area (Å²) >= 11 is 3.04. The Bertz CT molecular complexity index is 370. The second kappa shape index (κ2) is 15.5. The molecule has 2 nitrogen and oxygen atoms in total. The SMILES string of the molecule is CC.CCCCC(F)CCC.N=C(Br)c1ccccc1N. The van der Waals surface area contributed by atoms with E-state index in [9.17, 15) is 4.39 Å². The highest BCUT2D eigenvalue weighted by Crippen LogP contribution is 2.13. The zero-order valence-corrected chi connectivity index (χ0v) is 15.3. The van der Waals surface area contributed by atoms with Crippen molar-refractivity contribution in [3.63, 3.8) is 0 Å². The lowest BCUT2D eigenvalue weighted by Gasteiger charge is -2.03. The molecule has 1 unspecified atom stereocenters. The highest BCUT2D eigenvalue weighted by atomic mass is 79.9. The quantitative estimate of drug-likeness (QED) is 0.451. The predicted octanol–water partition coefficient (Wildman–Crippen LogP) is 6.33. The van der Waals surface area contributed by atoms with Gasteiger partial charge in [-0.15, -0.1) is 0 Å². The molecule has 1 aromatic carbocycles. The van der Waals surface area contributed by atoms with Crippen LogP contribution in [-0.2, 0) is 0 Å². The van der Waals surface area contributed by atoms with Crippen molar-refractivity contribution in [3.8, 4) is 0 Å². The third kappa shape index (κ3) is 12.5. The van der Waals surface area contributed by atoms with Gasteiger partial charge in [-0.3, -0.25) is 5.41 Å². The first-order valence-corrected chi connectivity index (χ1v) is 8.55. The molecule has 21 heavy (non-hydrogen) atoms. The number of anilines is 1. The van der Waals surface area contributed by atoms with Gasteiger partial charge in [0.1, 0.15) is 10.8 Å².